The third-order valence-corrected chi connectivity index (χ3v) is 7.71. The predicted molar refractivity (Wildman–Crippen MR) is 156 cm³/mol. The summed E-state index contributed by atoms with van der Waals surface area (Å²) in [5.74, 6) is -2.26. The van der Waals surface area contributed by atoms with Crippen molar-refractivity contribution in [3.8, 4) is 23.0 Å². The van der Waals surface area contributed by atoms with E-state index in [0.717, 1.165) is 0 Å². The van der Waals surface area contributed by atoms with Crippen LogP contribution in [-0.2, 0) is 25.6 Å². The number of carbonyl (C=O) groups is 1. The minimum Gasteiger partial charge on any atom is -0.504 e. The Labute approximate surface area is 265 Å². The fourth-order valence-electron chi connectivity index (χ4n) is 5.35. The summed E-state index contributed by atoms with van der Waals surface area (Å²) in [5.41, 5.74) is 0.721. The monoisotopic (exact) mass is 654 g/mol. The Kier molecular flexibility index (Phi) is 11.8. The van der Waals surface area contributed by atoms with Gasteiger partial charge in [-0.2, -0.15) is 0 Å². The van der Waals surface area contributed by atoms with E-state index in [-0.39, 0.29) is 59.9 Å². The van der Waals surface area contributed by atoms with Crippen molar-refractivity contribution in [1.29, 1.82) is 0 Å². The second-order valence-corrected chi connectivity index (χ2v) is 11.8. The zero-order valence-electron chi connectivity index (χ0n) is 25.8. The molecular formula is C31H42O15. The summed E-state index contributed by atoms with van der Waals surface area (Å²) in [7, 11) is 1.26. The van der Waals surface area contributed by atoms with Crippen LogP contribution >= 0.6 is 0 Å². The third-order valence-electron chi connectivity index (χ3n) is 7.71. The van der Waals surface area contributed by atoms with Gasteiger partial charge in [-0.25, -0.2) is 4.79 Å². The first kappa shape index (κ1) is 35.8. The van der Waals surface area contributed by atoms with E-state index in [9.17, 15) is 45.6 Å². The number of carboxylic acid groups (broad SMARTS) is 1. The number of aryl methyl sites for hydroxylation is 1. The molecule has 256 valence electrons. The number of phenolic OH excluding ortho intramolecular Hbond substituents is 1. The molecule has 8 N–H and O–H groups in total. The van der Waals surface area contributed by atoms with Gasteiger partial charge in [0.1, 0.15) is 53.7 Å². The highest BCUT2D eigenvalue weighted by atomic mass is 16.7. The van der Waals surface area contributed by atoms with E-state index in [4.69, 9.17) is 28.4 Å². The number of aromatic hydroxyl groups is 1. The van der Waals surface area contributed by atoms with Crippen LogP contribution in [0.5, 0.6) is 23.0 Å². The molecule has 2 heterocycles. The maximum Gasteiger partial charge on any atom is 0.343 e. The maximum atomic E-state index is 12.7. The summed E-state index contributed by atoms with van der Waals surface area (Å²) in [4.78, 5) is 12.7. The number of aliphatic hydroxyl groups is 6. The molecule has 2 aromatic carbocycles. The van der Waals surface area contributed by atoms with E-state index in [1.54, 1.807) is 13.0 Å². The smallest absolute Gasteiger partial charge is 0.343 e. The summed E-state index contributed by atoms with van der Waals surface area (Å²) < 4.78 is 33.9. The van der Waals surface area contributed by atoms with E-state index < -0.39 is 66.8 Å². The summed E-state index contributed by atoms with van der Waals surface area (Å²) in [5, 5.41) is 81.5. The van der Waals surface area contributed by atoms with Gasteiger partial charge in [-0.15, -0.1) is 0 Å². The largest absolute Gasteiger partial charge is 0.504 e. The van der Waals surface area contributed by atoms with Gasteiger partial charge in [-0.3, -0.25) is 0 Å². The SMILES string of the molecule is COc1c([C@H](CC(C)C)O[C@@H]2OC[C@@H](O)[C@H](O)[C@H]2O)ccc(Oc2c(O)cc(C)cc2CO[C@@H]2OC[C@@H](O)[C@H](O)[C@H]2O)c1C(=O)O. The number of hydrogen-bond acceptors (Lipinski definition) is 14. The van der Waals surface area contributed by atoms with E-state index in [1.165, 1.54) is 25.3 Å². The number of aliphatic hydroxyl groups excluding tert-OH is 6. The van der Waals surface area contributed by atoms with Gasteiger partial charge >= 0.3 is 5.97 Å². The van der Waals surface area contributed by atoms with Crippen LogP contribution in [0.1, 0.15) is 53.4 Å². The van der Waals surface area contributed by atoms with E-state index in [1.807, 2.05) is 13.8 Å². The van der Waals surface area contributed by atoms with Crippen molar-refractivity contribution in [2.45, 2.75) is 89.1 Å². The van der Waals surface area contributed by atoms with Crippen molar-refractivity contribution in [3.63, 3.8) is 0 Å². The van der Waals surface area contributed by atoms with Crippen LogP contribution in [0.15, 0.2) is 24.3 Å². The Morgan fingerprint density at radius 2 is 1.52 bits per heavy atom. The van der Waals surface area contributed by atoms with Gasteiger partial charge in [0.05, 0.1) is 33.0 Å². The molecule has 0 aromatic heterocycles. The quantitative estimate of drug-likeness (QED) is 0.157. The van der Waals surface area contributed by atoms with Crippen LogP contribution in [0.2, 0.25) is 0 Å². The second kappa shape index (κ2) is 15.2. The normalized spacial score (nSPS) is 29.0. The fraction of sp³-hybridized carbons (Fsp3) is 0.581. The summed E-state index contributed by atoms with van der Waals surface area (Å²) >= 11 is 0. The topological polar surface area (TPSA) is 234 Å². The highest BCUT2D eigenvalue weighted by Gasteiger charge is 2.41. The molecule has 15 heteroatoms. The molecule has 4 rings (SSSR count). The van der Waals surface area contributed by atoms with Gasteiger partial charge in [0.15, 0.2) is 24.1 Å². The zero-order chi connectivity index (χ0) is 33.9. The average Bonchev–Trinajstić information content (AvgIpc) is 3.00. The molecule has 0 spiro atoms. The van der Waals surface area contributed by atoms with E-state index in [2.05, 4.69) is 0 Å². The Bertz CT molecular complexity index is 1350. The minimum atomic E-state index is -1.58. The predicted octanol–water partition coefficient (Wildman–Crippen LogP) is 0.698. The number of ether oxygens (including phenoxy) is 6. The second-order valence-electron chi connectivity index (χ2n) is 11.8. The molecule has 0 amide bonds. The molecular weight excluding hydrogens is 612 g/mol. The standard InChI is InChI=1S/C31H42O15/c1-13(2)7-21(46-31-26(38)24(36)19(34)12-44-31)16-5-6-20(22(29(39)40)28(16)41-4)45-27-15(8-14(3)9-17(27)32)10-42-30-25(37)23(35)18(33)11-43-30/h5-6,8-9,13,18-19,21,23-26,30-38H,7,10-12H2,1-4H3,(H,39,40)/t18-,19-,21+,23+,24+,25-,26-,30-,31+/m1/s1. The highest BCUT2D eigenvalue weighted by Crippen LogP contribution is 2.44. The number of benzene rings is 2. The summed E-state index contributed by atoms with van der Waals surface area (Å²) in [6, 6.07) is 5.86. The Morgan fingerprint density at radius 1 is 0.913 bits per heavy atom. The number of phenols is 1. The van der Waals surface area contributed by atoms with Crippen LogP contribution in [0.25, 0.3) is 0 Å². The first-order valence-electron chi connectivity index (χ1n) is 14.8. The molecule has 2 aromatic rings. The molecule has 15 nitrogen and oxygen atoms in total. The van der Waals surface area contributed by atoms with Crippen molar-refractivity contribution in [1.82, 2.24) is 0 Å². The summed E-state index contributed by atoms with van der Waals surface area (Å²) in [6.07, 6.45) is -12.0. The number of rotatable bonds is 12. The molecule has 2 fully saturated rings. The number of methoxy groups -OCH3 is 1. The average molecular weight is 655 g/mol. The van der Waals surface area contributed by atoms with Crippen LogP contribution in [0.4, 0.5) is 0 Å². The van der Waals surface area contributed by atoms with Crippen molar-refractivity contribution < 1.29 is 74.1 Å². The number of hydrogen-bond donors (Lipinski definition) is 8. The molecule has 0 aliphatic carbocycles. The molecule has 2 aliphatic rings. The van der Waals surface area contributed by atoms with Gasteiger partial charge in [-0.1, -0.05) is 13.8 Å². The van der Waals surface area contributed by atoms with Gasteiger partial charge in [0.2, 0.25) is 0 Å². The Hall–Kier alpha value is -3.09. The van der Waals surface area contributed by atoms with Gasteiger partial charge < -0.3 is 69.3 Å². The van der Waals surface area contributed by atoms with Crippen LogP contribution < -0.4 is 9.47 Å². The first-order valence-corrected chi connectivity index (χ1v) is 14.8. The van der Waals surface area contributed by atoms with Crippen LogP contribution in [0.3, 0.4) is 0 Å². The van der Waals surface area contributed by atoms with E-state index in [0.29, 0.717) is 12.0 Å². The molecule has 0 bridgehead atoms. The van der Waals surface area contributed by atoms with Gasteiger partial charge in [0, 0.05) is 11.1 Å². The molecule has 2 saturated heterocycles. The minimum absolute atomic E-state index is 0.0123. The maximum absolute atomic E-state index is 12.7. The van der Waals surface area contributed by atoms with Crippen LogP contribution in [-0.4, -0.2) is 116 Å². The molecule has 0 unspecified atom stereocenters. The fourth-order valence-corrected chi connectivity index (χ4v) is 5.35. The van der Waals surface area contributed by atoms with Crippen molar-refractivity contribution >= 4 is 5.97 Å². The molecule has 46 heavy (non-hydrogen) atoms. The van der Waals surface area contributed by atoms with Crippen molar-refractivity contribution in [2.24, 2.45) is 5.92 Å². The van der Waals surface area contributed by atoms with Gasteiger partial charge in [-0.05, 0) is 49.1 Å². The summed E-state index contributed by atoms with van der Waals surface area (Å²) in [6.45, 7) is 4.62. The van der Waals surface area contributed by atoms with Crippen LogP contribution in [0, 0.1) is 12.8 Å². The van der Waals surface area contributed by atoms with Crippen molar-refractivity contribution in [2.75, 3.05) is 20.3 Å². The molecule has 2 aliphatic heterocycles. The lowest BCUT2D eigenvalue weighted by atomic mass is 9.95. The first-order chi connectivity index (χ1) is 21.7. The molecule has 0 radical (unpaired) electrons. The Morgan fingerprint density at radius 3 is 2.11 bits per heavy atom. The number of carboxylic acids is 1. The zero-order valence-corrected chi connectivity index (χ0v) is 25.8. The Balaban J connectivity index is 1.67. The number of aromatic carboxylic acids is 1. The lowest BCUT2D eigenvalue weighted by molar-refractivity contribution is -0.285. The highest BCUT2D eigenvalue weighted by molar-refractivity contribution is 5.95. The lowest BCUT2D eigenvalue weighted by Gasteiger charge is -2.37. The van der Waals surface area contributed by atoms with Gasteiger partial charge in [0.25, 0.3) is 0 Å². The lowest BCUT2D eigenvalue weighted by Crippen LogP contribution is -2.54. The van der Waals surface area contributed by atoms with Crippen molar-refractivity contribution in [3.05, 3.63) is 46.5 Å². The van der Waals surface area contributed by atoms with E-state index >= 15 is 0 Å². The molecule has 0 saturated carbocycles. The third kappa shape index (κ3) is 7.88. The molecule has 9 atom stereocenters.